The number of hydrogen-bond donors (Lipinski definition) is 0. The number of piperidine rings is 1. The summed E-state index contributed by atoms with van der Waals surface area (Å²) in [6.45, 7) is 1.28. The summed E-state index contributed by atoms with van der Waals surface area (Å²) in [4.78, 5) is 2.41. The lowest BCUT2D eigenvalue weighted by Crippen LogP contribution is -2.36. The maximum atomic E-state index is 12.3. The molecule has 0 radical (unpaired) electrons. The minimum atomic E-state index is -2.84. The van der Waals surface area contributed by atoms with Gasteiger partial charge in [-0.05, 0) is 44.0 Å². The van der Waals surface area contributed by atoms with E-state index in [1.807, 2.05) is 6.07 Å². The Bertz CT molecular complexity index is 440. The van der Waals surface area contributed by atoms with E-state index in [1.54, 1.807) is 12.1 Å². The van der Waals surface area contributed by atoms with Crippen molar-refractivity contribution < 1.29 is 18.3 Å². The van der Waals surface area contributed by atoms with Gasteiger partial charge in [0.15, 0.2) is 11.5 Å². The zero-order valence-electron chi connectivity index (χ0n) is 11.9. The van der Waals surface area contributed by atoms with E-state index in [0.717, 1.165) is 18.7 Å². The van der Waals surface area contributed by atoms with Gasteiger partial charge in [0, 0.05) is 12.6 Å². The molecule has 0 spiro atoms. The minimum absolute atomic E-state index is 0.0814. The Morgan fingerprint density at radius 1 is 1.30 bits per heavy atom. The Morgan fingerprint density at radius 2 is 2.10 bits per heavy atom. The average Bonchev–Trinajstić information content (AvgIpc) is 2.42. The molecule has 0 amide bonds. The number of likely N-dealkylation sites (tertiary alicyclic amines) is 1. The Hall–Kier alpha value is -1.36. The van der Waals surface area contributed by atoms with Crippen LogP contribution in [0.5, 0.6) is 11.5 Å². The van der Waals surface area contributed by atoms with Gasteiger partial charge in [-0.15, -0.1) is 0 Å². The summed E-state index contributed by atoms with van der Waals surface area (Å²) in [5, 5.41) is 0. The Labute approximate surface area is 118 Å². The third-order valence-corrected chi connectivity index (χ3v) is 3.77. The second-order valence-electron chi connectivity index (χ2n) is 5.18. The van der Waals surface area contributed by atoms with Crippen molar-refractivity contribution in [3.8, 4) is 11.5 Å². The molecule has 0 saturated carbocycles. The van der Waals surface area contributed by atoms with Crippen LogP contribution in [0.4, 0.5) is 8.78 Å². The molecule has 0 unspecified atom stereocenters. The summed E-state index contributed by atoms with van der Waals surface area (Å²) in [7, 11) is 1.46. The van der Waals surface area contributed by atoms with Crippen molar-refractivity contribution in [1.82, 2.24) is 4.90 Å². The van der Waals surface area contributed by atoms with E-state index in [2.05, 4.69) is 16.6 Å². The predicted octanol–water partition coefficient (Wildman–Crippen LogP) is 3.67. The van der Waals surface area contributed by atoms with Crippen LogP contribution in [0.15, 0.2) is 18.2 Å². The highest BCUT2D eigenvalue weighted by Gasteiger charge is 2.19. The maximum Gasteiger partial charge on any atom is 0.387 e. The van der Waals surface area contributed by atoms with Gasteiger partial charge in [-0.2, -0.15) is 8.78 Å². The van der Waals surface area contributed by atoms with Gasteiger partial charge in [0.1, 0.15) is 0 Å². The van der Waals surface area contributed by atoms with E-state index in [1.165, 1.54) is 26.4 Å². The zero-order valence-corrected chi connectivity index (χ0v) is 11.9. The molecule has 3 nitrogen and oxygen atoms in total. The molecule has 1 aliphatic heterocycles. The van der Waals surface area contributed by atoms with E-state index in [-0.39, 0.29) is 5.75 Å². The van der Waals surface area contributed by atoms with Gasteiger partial charge < -0.3 is 9.47 Å². The molecule has 2 rings (SSSR count). The second-order valence-corrected chi connectivity index (χ2v) is 5.18. The Morgan fingerprint density at radius 3 is 2.75 bits per heavy atom. The van der Waals surface area contributed by atoms with Crippen LogP contribution in [-0.2, 0) is 6.54 Å². The Balaban J connectivity index is 2.08. The van der Waals surface area contributed by atoms with Crippen LogP contribution in [0.1, 0.15) is 31.7 Å². The third kappa shape index (κ3) is 3.82. The topological polar surface area (TPSA) is 21.7 Å². The lowest BCUT2D eigenvalue weighted by Gasteiger charge is -2.33. The van der Waals surface area contributed by atoms with Crippen LogP contribution < -0.4 is 9.47 Å². The highest BCUT2D eigenvalue weighted by Crippen LogP contribution is 2.30. The first-order valence-corrected chi connectivity index (χ1v) is 6.96. The number of alkyl halides is 2. The van der Waals surface area contributed by atoms with Crippen molar-refractivity contribution in [2.45, 2.75) is 45.4 Å². The van der Waals surface area contributed by atoms with Crippen LogP contribution in [0.25, 0.3) is 0 Å². The molecule has 0 N–H and O–H groups in total. The van der Waals surface area contributed by atoms with Crippen LogP contribution >= 0.6 is 0 Å². The van der Waals surface area contributed by atoms with E-state index in [9.17, 15) is 8.78 Å². The summed E-state index contributed by atoms with van der Waals surface area (Å²) >= 11 is 0. The van der Waals surface area contributed by atoms with Gasteiger partial charge in [-0.3, -0.25) is 4.90 Å². The van der Waals surface area contributed by atoms with E-state index in [0.29, 0.717) is 11.8 Å². The number of hydrogen-bond acceptors (Lipinski definition) is 3. The quantitative estimate of drug-likeness (QED) is 0.824. The molecular formula is C15H21F2NO2. The first-order chi connectivity index (χ1) is 9.60. The minimum Gasteiger partial charge on any atom is -0.493 e. The van der Waals surface area contributed by atoms with Gasteiger partial charge in [0.05, 0.1) is 7.11 Å². The van der Waals surface area contributed by atoms with Crippen LogP contribution in [0, 0.1) is 0 Å². The monoisotopic (exact) mass is 285 g/mol. The molecule has 1 atom stereocenters. The summed E-state index contributed by atoms with van der Waals surface area (Å²) in [5.41, 5.74) is 1.05. The normalized spacial score (nSPS) is 20.1. The molecule has 20 heavy (non-hydrogen) atoms. The predicted molar refractivity (Wildman–Crippen MR) is 73.3 cm³/mol. The third-order valence-electron chi connectivity index (χ3n) is 3.77. The highest BCUT2D eigenvalue weighted by atomic mass is 19.3. The average molecular weight is 285 g/mol. The van der Waals surface area contributed by atoms with Crippen molar-refractivity contribution in [3.05, 3.63) is 23.8 Å². The fraction of sp³-hybridized carbons (Fsp3) is 0.600. The van der Waals surface area contributed by atoms with Gasteiger partial charge >= 0.3 is 6.61 Å². The molecule has 5 heteroatoms. The highest BCUT2D eigenvalue weighted by molar-refractivity contribution is 5.43. The summed E-state index contributed by atoms with van der Waals surface area (Å²) in [5.74, 6) is 0.436. The Kier molecular flexibility index (Phi) is 5.17. The first-order valence-electron chi connectivity index (χ1n) is 6.96. The molecule has 1 fully saturated rings. The lowest BCUT2D eigenvalue weighted by atomic mass is 10.0. The van der Waals surface area contributed by atoms with Gasteiger partial charge in [-0.1, -0.05) is 12.5 Å². The number of halogens is 2. The van der Waals surface area contributed by atoms with Crippen LogP contribution in [-0.4, -0.2) is 31.2 Å². The molecule has 112 valence electrons. The van der Waals surface area contributed by atoms with Crippen LogP contribution in [0.3, 0.4) is 0 Å². The maximum absolute atomic E-state index is 12.3. The molecule has 0 aliphatic carbocycles. The fourth-order valence-corrected chi connectivity index (χ4v) is 2.63. The smallest absolute Gasteiger partial charge is 0.387 e. The van der Waals surface area contributed by atoms with Gasteiger partial charge in [0.2, 0.25) is 0 Å². The van der Waals surface area contributed by atoms with Crippen LogP contribution in [0.2, 0.25) is 0 Å². The van der Waals surface area contributed by atoms with Crippen molar-refractivity contribution in [3.63, 3.8) is 0 Å². The largest absolute Gasteiger partial charge is 0.493 e. The molecule has 1 saturated heterocycles. The van der Waals surface area contributed by atoms with Crippen molar-refractivity contribution in [2.75, 3.05) is 13.7 Å². The van der Waals surface area contributed by atoms with Crippen molar-refractivity contribution >= 4 is 0 Å². The first kappa shape index (κ1) is 15.0. The molecule has 0 aromatic heterocycles. The zero-order chi connectivity index (χ0) is 14.5. The number of methoxy groups -OCH3 is 1. The molecule has 1 aromatic rings. The standard InChI is InChI=1S/C15H21F2NO2/c1-11-5-3-4-8-18(11)10-12-6-7-13(20-15(16)17)14(9-12)19-2/h6-7,9,11,15H,3-5,8,10H2,1-2H3/t11-/m0/s1. The second kappa shape index (κ2) is 6.88. The number of nitrogens with zero attached hydrogens (tertiary/aromatic N) is 1. The van der Waals surface area contributed by atoms with Crippen molar-refractivity contribution in [2.24, 2.45) is 0 Å². The molecule has 1 aromatic carbocycles. The summed E-state index contributed by atoms with van der Waals surface area (Å²) < 4.78 is 34.1. The number of benzene rings is 1. The summed E-state index contributed by atoms with van der Waals surface area (Å²) in [6, 6.07) is 5.71. The van der Waals surface area contributed by atoms with E-state index in [4.69, 9.17) is 4.74 Å². The van der Waals surface area contributed by atoms with Gasteiger partial charge in [-0.25, -0.2) is 0 Å². The number of rotatable bonds is 5. The molecule has 1 heterocycles. The molecular weight excluding hydrogens is 264 g/mol. The van der Waals surface area contributed by atoms with E-state index >= 15 is 0 Å². The summed E-state index contributed by atoms with van der Waals surface area (Å²) in [6.07, 6.45) is 3.71. The van der Waals surface area contributed by atoms with Crippen molar-refractivity contribution in [1.29, 1.82) is 0 Å². The van der Waals surface area contributed by atoms with E-state index < -0.39 is 6.61 Å². The molecule has 1 aliphatic rings. The SMILES string of the molecule is COc1cc(CN2CCCC[C@@H]2C)ccc1OC(F)F. The molecule has 0 bridgehead atoms. The fourth-order valence-electron chi connectivity index (χ4n) is 2.63. The van der Waals surface area contributed by atoms with Gasteiger partial charge in [0.25, 0.3) is 0 Å². The lowest BCUT2D eigenvalue weighted by molar-refractivity contribution is -0.0512. The number of ether oxygens (including phenoxy) is 2.